The second-order valence-electron chi connectivity index (χ2n) is 6.01. The first-order valence-corrected chi connectivity index (χ1v) is 9.78. The number of primary sulfonamides is 1. The van der Waals surface area contributed by atoms with Gasteiger partial charge < -0.3 is 5.32 Å². The summed E-state index contributed by atoms with van der Waals surface area (Å²) >= 11 is 0. The molecule has 0 saturated heterocycles. The van der Waals surface area contributed by atoms with Gasteiger partial charge >= 0.3 is 6.08 Å². The first kappa shape index (κ1) is 18.0. The molecule has 0 amide bonds. The lowest BCUT2D eigenvalue weighted by molar-refractivity contribution is 0.544. The third kappa shape index (κ3) is 3.55. The smallest absolute Gasteiger partial charge is 0.312 e. The van der Waals surface area contributed by atoms with E-state index in [1.165, 1.54) is 30.6 Å². The highest BCUT2D eigenvalue weighted by Crippen LogP contribution is 2.23. The molecule has 0 spiro atoms. The van der Waals surface area contributed by atoms with Crippen LogP contribution in [0.25, 0.3) is 16.9 Å². The lowest BCUT2D eigenvalue weighted by atomic mass is 10.2. The molecule has 0 aliphatic rings. The Labute approximate surface area is 159 Å². The Morgan fingerprint density at radius 1 is 1.04 bits per heavy atom. The standard InChI is InChI=1S/C18H15FN6O2S/c19-18-23-16(21-10-12-4-2-1-3-5-12)15-17(24-18)25(11-22-15)13-6-8-14(9-7-13)28(20,26)27/h1-9,11H,10H2,(H2,20,26,27)(H,21,23,24). The zero-order valence-electron chi connectivity index (χ0n) is 14.4. The van der Waals surface area contributed by atoms with Crippen LogP contribution >= 0.6 is 0 Å². The molecule has 2 heterocycles. The Balaban J connectivity index is 1.71. The largest absolute Gasteiger partial charge is 0.364 e. The second kappa shape index (κ2) is 6.98. The number of hydrogen-bond acceptors (Lipinski definition) is 6. The van der Waals surface area contributed by atoms with Gasteiger partial charge in [-0.2, -0.15) is 14.4 Å². The average molecular weight is 398 g/mol. The van der Waals surface area contributed by atoms with E-state index in [2.05, 4.69) is 20.3 Å². The number of sulfonamides is 1. The summed E-state index contributed by atoms with van der Waals surface area (Å²) in [7, 11) is -3.80. The van der Waals surface area contributed by atoms with Gasteiger partial charge in [0.1, 0.15) is 6.33 Å². The number of rotatable bonds is 5. The van der Waals surface area contributed by atoms with E-state index < -0.39 is 16.1 Å². The van der Waals surface area contributed by atoms with Crippen molar-refractivity contribution in [2.45, 2.75) is 11.4 Å². The zero-order valence-corrected chi connectivity index (χ0v) is 15.3. The maximum Gasteiger partial charge on any atom is 0.312 e. The van der Waals surface area contributed by atoms with Gasteiger partial charge in [-0.3, -0.25) is 4.57 Å². The summed E-state index contributed by atoms with van der Waals surface area (Å²) in [4.78, 5) is 11.9. The Morgan fingerprint density at radius 3 is 2.43 bits per heavy atom. The number of anilines is 1. The molecule has 2 aromatic heterocycles. The van der Waals surface area contributed by atoms with E-state index in [0.717, 1.165) is 5.56 Å². The van der Waals surface area contributed by atoms with Gasteiger partial charge in [-0.05, 0) is 29.8 Å². The predicted molar refractivity (Wildman–Crippen MR) is 102 cm³/mol. The van der Waals surface area contributed by atoms with Gasteiger partial charge in [0.2, 0.25) is 10.0 Å². The summed E-state index contributed by atoms with van der Waals surface area (Å²) in [6.07, 6.45) is 0.573. The SMILES string of the molecule is NS(=O)(=O)c1ccc(-n2cnc3c(NCc4ccccc4)nc(F)nc32)cc1. The van der Waals surface area contributed by atoms with E-state index in [-0.39, 0.29) is 16.4 Å². The van der Waals surface area contributed by atoms with Crippen molar-refractivity contribution in [2.75, 3.05) is 5.32 Å². The molecule has 0 aliphatic carbocycles. The molecular weight excluding hydrogens is 383 g/mol. The third-order valence-corrected chi connectivity index (χ3v) is 5.04. The molecule has 0 aliphatic heterocycles. The molecule has 10 heteroatoms. The molecule has 0 bridgehead atoms. The summed E-state index contributed by atoms with van der Waals surface area (Å²) in [5.74, 6) is 0.270. The van der Waals surface area contributed by atoms with Crippen LogP contribution in [0.1, 0.15) is 5.56 Å². The minimum absolute atomic E-state index is 0.0216. The topological polar surface area (TPSA) is 116 Å². The molecular formula is C18H15FN6O2S. The fraction of sp³-hybridized carbons (Fsp3) is 0.0556. The summed E-state index contributed by atoms with van der Waals surface area (Å²) in [5, 5.41) is 8.19. The highest BCUT2D eigenvalue weighted by Gasteiger charge is 2.15. The van der Waals surface area contributed by atoms with Crippen molar-refractivity contribution in [1.82, 2.24) is 19.5 Å². The highest BCUT2D eigenvalue weighted by molar-refractivity contribution is 7.89. The average Bonchev–Trinajstić information content (AvgIpc) is 3.10. The highest BCUT2D eigenvalue weighted by atomic mass is 32.2. The van der Waals surface area contributed by atoms with Crippen LogP contribution < -0.4 is 10.5 Å². The molecule has 3 N–H and O–H groups in total. The van der Waals surface area contributed by atoms with E-state index in [1.54, 1.807) is 4.57 Å². The number of nitrogens with two attached hydrogens (primary N) is 1. The van der Waals surface area contributed by atoms with E-state index in [0.29, 0.717) is 17.7 Å². The summed E-state index contributed by atoms with van der Waals surface area (Å²) < 4.78 is 38.4. The number of fused-ring (bicyclic) bond motifs is 1. The molecule has 8 nitrogen and oxygen atoms in total. The van der Waals surface area contributed by atoms with E-state index >= 15 is 0 Å². The lowest BCUT2D eigenvalue weighted by Gasteiger charge is -2.08. The fourth-order valence-corrected chi connectivity index (χ4v) is 3.28. The van der Waals surface area contributed by atoms with Crippen molar-refractivity contribution in [3.05, 3.63) is 72.6 Å². The maximum atomic E-state index is 14.0. The van der Waals surface area contributed by atoms with Gasteiger partial charge in [0.15, 0.2) is 17.0 Å². The van der Waals surface area contributed by atoms with Crippen LogP contribution in [0.2, 0.25) is 0 Å². The van der Waals surface area contributed by atoms with Crippen molar-refractivity contribution >= 4 is 27.0 Å². The summed E-state index contributed by atoms with van der Waals surface area (Å²) in [6, 6.07) is 15.4. The van der Waals surface area contributed by atoms with Crippen LogP contribution in [0.3, 0.4) is 0 Å². The van der Waals surface area contributed by atoms with Crippen LogP contribution in [0.5, 0.6) is 0 Å². The summed E-state index contributed by atoms with van der Waals surface area (Å²) in [6.45, 7) is 0.447. The molecule has 2 aromatic carbocycles. The number of nitrogens with zero attached hydrogens (tertiary/aromatic N) is 4. The number of aromatic nitrogens is 4. The van der Waals surface area contributed by atoms with Crippen molar-refractivity contribution in [2.24, 2.45) is 5.14 Å². The second-order valence-corrected chi connectivity index (χ2v) is 7.57. The fourth-order valence-electron chi connectivity index (χ4n) is 2.76. The monoisotopic (exact) mass is 398 g/mol. The van der Waals surface area contributed by atoms with Gasteiger partial charge in [-0.25, -0.2) is 18.5 Å². The van der Waals surface area contributed by atoms with Gasteiger partial charge in [0, 0.05) is 12.2 Å². The normalized spacial score (nSPS) is 11.6. The first-order chi connectivity index (χ1) is 13.4. The maximum absolute atomic E-state index is 14.0. The van der Waals surface area contributed by atoms with Gasteiger partial charge in [-0.15, -0.1) is 0 Å². The number of halogens is 1. The van der Waals surface area contributed by atoms with Crippen LogP contribution in [0, 0.1) is 6.08 Å². The molecule has 4 aromatic rings. The molecule has 0 fully saturated rings. The molecule has 0 saturated carbocycles. The number of hydrogen-bond donors (Lipinski definition) is 2. The number of imidazole rings is 1. The Hall–Kier alpha value is -3.37. The third-order valence-electron chi connectivity index (χ3n) is 4.12. The number of nitrogens with one attached hydrogen (secondary N) is 1. The molecule has 142 valence electrons. The Kier molecular flexibility index (Phi) is 4.49. The molecule has 28 heavy (non-hydrogen) atoms. The quantitative estimate of drug-likeness (QED) is 0.498. The van der Waals surface area contributed by atoms with Crippen LogP contribution in [0.15, 0.2) is 65.8 Å². The van der Waals surface area contributed by atoms with Gasteiger partial charge in [0.25, 0.3) is 0 Å². The van der Waals surface area contributed by atoms with Crippen LogP contribution in [0.4, 0.5) is 10.2 Å². The zero-order chi connectivity index (χ0) is 19.7. The lowest BCUT2D eigenvalue weighted by Crippen LogP contribution is -2.12. The predicted octanol–water partition coefficient (Wildman–Crippen LogP) is 2.21. The summed E-state index contributed by atoms with van der Waals surface area (Å²) in [5.41, 5.74) is 2.22. The minimum Gasteiger partial charge on any atom is -0.364 e. The van der Waals surface area contributed by atoms with Crippen molar-refractivity contribution < 1.29 is 12.8 Å². The van der Waals surface area contributed by atoms with Crippen LogP contribution in [-0.2, 0) is 16.6 Å². The van der Waals surface area contributed by atoms with E-state index in [1.807, 2.05) is 30.3 Å². The van der Waals surface area contributed by atoms with Gasteiger partial charge in [-0.1, -0.05) is 30.3 Å². The van der Waals surface area contributed by atoms with Crippen molar-refractivity contribution in [3.8, 4) is 5.69 Å². The first-order valence-electron chi connectivity index (χ1n) is 8.23. The van der Waals surface area contributed by atoms with Crippen LogP contribution in [-0.4, -0.2) is 27.9 Å². The molecule has 4 rings (SSSR count). The Bertz CT molecular complexity index is 1240. The Morgan fingerprint density at radius 2 is 1.75 bits per heavy atom. The molecule has 0 radical (unpaired) electrons. The minimum atomic E-state index is -3.80. The number of benzene rings is 2. The molecule has 0 unspecified atom stereocenters. The van der Waals surface area contributed by atoms with Crippen molar-refractivity contribution in [1.29, 1.82) is 0 Å². The van der Waals surface area contributed by atoms with E-state index in [9.17, 15) is 12.8 Å². The van der Waals surface area contributed by atoms with E-state index in [4.69, 9.17) is 5.14 Å². The van der Waals surface area contributed by atoms with Crippen molar-refractivity contribution in [3.63, 3.8) is 0 Å². The molecule has 0 atom stereocenters. The van der Waals surface area contributed by atoms with Gasteiger partial charge in [0.05, 0.1) is 4.90 Å².